The Kier molecular flexibility index (Phi) is 9.64. The standard InChI is InChI=1S/C22H30FN7S.HI/c1-4-26-21(29-12-13-31-22(2,3)15-29)27-11-5-6-19-18(14-24)20(25)30(28-19)17-9-7-16(23)8-10-17;/h7-10H,4-6,11-13,15,25H2,1-3H3,(H,26,27);1H. The van der Waals surface area contributed by atoms with Crippen LogP contribution in [0.1, 0.15) is 38.4 Å². The van der Waals surface area contributed by atoms with Gasteiger partial charge in [-0.3, -0.25) is 4.99 Å². The van der Waals surface area contributed by atoms with Crippen LogP contribution in [-0.2, 0) is 6.42 Å². The van der Waals surface area contributed by atoms with Crippen molar-refractivity contribution in [2.45, 2.75) is 38.4 Å². The third-order valence-corrected chi connectivity index (χ3v) is 6.37. The number of aliphatic imine (C=N–C) groups is 1. The predicted molar refractivity (Wildman–Crippen MR) is 140 cm³/mol. The van der Waals surface area contributed by atoms with Crippen molar-refractivity contribution >= 4 is 47.5 Å². The van der Waals surface area contributed by atoms with E-state index in [1.165, 1.54) is 16.8 Å². The molecule has 0 unspecified atom stereocenters. The van der Waals surface area contributed by atoms with Crippen molar-refractivity contribution in [3.8, 4) is 11.8 Å². The molecule has 0 amide bonds. The molecule has 0 spiro atoms. The summed E-state index contributed by atoms with van der Waals surface area (Å²) in [6.07, 6.45) is 1.33. The van der Waals surface area contributed by atoms with Gasteiger partial charge in [-0.1, -0.05) is 0 Å². The van der Waals surface area contributed by atoms with Crippen LogP contribution in [0.5, 0.6) is 0 Å². The average molecular weight is 572 g/mol. The molecule has 174 valence electrons. The van der Waals surface area contributed by atoms with E-state index in [1.807, 2.05) is 11.8 Å². The van der Waals surface area contributed by atoms with Gasteiger partial charge in [-0.25, -0.2) is 9.07 Å². The van der Waals surface area contributed by atoms with Crippen LogP contribution in [0.15, 0.2) is 29.3 Å². The lowest BCUT2D eigenvalue weighted by Gasteiger charge is -2.39. The monoisotopic (exact) mass is 571 g/mol. The highest BCUT2D eigenvalue weighted by Gasteiger charge is 2.28. The maximum atomic E-state index is 13.2. The molecule has 2 heterocycles. The Hall–Kier alpha value is -2.00. The number of hydrogen-bond acceptors (Lipinski definition) is 5. The molecule has 10 heteroatoms. The maximum absolute atomic E-state index is 13.2. The van der Waals surface area contributed by atoms with E-state index in [2.05, 4.69) is 42.2 Å². The molecular weight excluding hydrogens is 540 g/mol. The Balaban J connectivity index is 0.00000363. The SMILES string of the molecule is CCNC(=NCCCc1nn(-c2ccc(F)cc2)c(N)c1C#N)N1CCSC(C)(C)C1.I. The van der Waals surface area contributed by atoms with Gasteiger partial charge in [-0.15, -0.1) is 24.0 Å². The summed E-state index contributed by atoms with van der Waals surface area (Å²) in [6.45, 7) is 9.99. The number of aromatic nitrogens is 2. The second kappa shape index (κ2) is 11.7. The first kappa shape index (κ1) is 26.3. The number of hydrogen-bond donors (Lipinski definition) is 2. The van der Waals surface area contributed by atoms with Gasteiger partial charge in [-0.05, 0) is 57.9 Å². The summed E-state index contributed by atoms with van der Waals surface area (Å²) >= 11 is 1.99. The number of nitrogens with zero attached hydrogens (tertiary/aromatic N) is 5. The molecule has 0 saturated carbocycles. The number of nitrogens with two attached hydrogens (primary N) is 1. The first-order valence-corrected chi connectivity index (χ1v) is 11.5. The number of aryl methyl sites for hydroxylation is 1. The molecule has 0 bridgehead atoms. The molecule has 7 nitrogen and oxygen atoms in total. The Labute approximate surface area is 210 Å². The van der Waals surface area contributed by atoms with Crippen LogP contribution in [0.3, 0.4) is 0 Å². The first-order valence-electron chi connectivity index (χ1n) is 10.5. The Morgan fingerprint density at radius 1 is 1.38 bits per heavy atom. The summed E-state index contributed by atoms with van der Waals surface area (Å²) in [4.78, 5) is 7.12. The van der Waals surface area contributed by atoms with E-state index in [0.29, 0.717) is 29.9 Å². The number of halogens is 2. The molecule has 1 aliphatic rings. The van der Waals surface area contributed by atoms with Crippen LogP contribution >= 0.6 is 35.7 Å². The zero-order chi connectivity index (χ0) is 22.4. The van der Waals surface area contributed by atoms with E-state index < -0.39 is 0 Å². The highest BCUT2D eigenvalue weighted by molar-refractivity contribution is 14.0. The fourth-order valence-electron chi connectivity index (χ4n) is 3.61. The largest absolute Gasteiger partial charge is 0.382 e. The molecule has 1 aliphatic heterocycles. The van der Waals surface area contributed by atoms with Gasteiger partial charge in [-0.2, -0.15) is 22.1 Å². The van der Waals surface area contributed by atoms with Gasteiger partial charge in [0.05, 0.1) is 11.4 Å². The minimum Gasteiger partial charge on any atom is -0.382 e. The van der Waals surface area contributed by atoms with Crippen molar-refractivity contribution in [2.75, 3.05) is 37.7 Å². The molecule has 0 radical (unpaired) electrons. The van der Waals surface area contributed by atoms with Gasteiger partial charge in [0.15, 0.2) is 5.96 Å². The quantitative estimate of drug-likeness (QED) is 0.237. The Morgan fingerprint density at radius 2 is 2.09 bits per heavy atom. The van der Waals surface area contributed by atoms with Crippen molar-refractivity contribution < 1.29 is 4.39 Å². The van der Waals surface area contributed by atoms with Crippen LogP contribution in [0.2, 0.25) is 0 Å². The molecule has 1 aromatic heterocycles. The molecule has 1 aromatic carbocycles. The Morgan fingerprint density at radius 3 is 2.72 bits per heavy atom. The average Bonchev–Trinajstić information content (AvgIpc) is 3.05. The zero-order valence-electron chi connectivity index (χ0n) is 18.8. The molecule has 0 aliphatic carbocycles. The zero-order valence-corrected chi connectivity index (χ0v) is 21.9. The minimum atomic E-state index is -0.333. The van der Waals surface area contributed by atoms with Gasteiger partial charge in [0, 0.05) is 36.7 Å². The summed E-state index contributed by atoms with van der Waals surface area (Å²) in [5.74, 6) is 1.96. The number of anilines is 1. The molecule has 3 rings (SSSR count). The highest BCUT2D eigenvalue weighted by Crippen LogP contribution is 2.29. The number of benzene rings is 1. The van der Waals surface area contributed by atoms with Gasteiger partial charge >= 0.3 is 0 Å². The van der Waals surface area contributed by atoms with Crippen LogP contribution < -0.4 is 11.1 Å². The molecule has 2 aromatic rings. The Bertz CT molecular complexity index is 966. The molecule has 32 heavy (non-hydrogen) atoms. The van der Waals surface area contributed by atoms with Crippen molar-refractivity contribution in [2.24, 2.45) is 4.99 Å². The second-order valence-electron chi connectivity index (χ2n) is 8.08. The van der Waals surface area contributed by atoms with Crippen molar-refractivity contribution in [1.82, 2.24) is 20.0 Å². The fraction of sp³-hybridized carbons (Fsp3) is 0.500. The number of nitrogens with one attached hydrogen (secondary N) is 1. The van der Waals surface area contributed by atoms with E-state index in [1.54, 1.807) is 12.1 Å². The van der Waals surface area contributed by atoms with E-state index in [4.69, 9.17) is 10.7 Å². The number of rotatable bonds is 6. The third-order valence-electron chi connectivity index (χ3n) is 5.07. The number of thioether (sulfide) groups is 1. The smallest absolute Gasteiger partial charge is 0.193 e. The fourth-order valence-corrected chi connectivity index (χ4v) is 4.72. The molecular formula is C22H31FIN7S. The summed E-state index contributed by atoms with van der Waals surface area (Å²) < 4.78 is 14.9. The number of nitrogen functional groups attached to an aromatic ring is 1. The van der Waals surface area contributed by atoms with Crippen LogP contribution in [0.25, 0.3) is 5.69 Å². The molecule has 1 fully saturated rings. The minimum absolute atomic E-state index is 0. The van der Waals surface area contributed by atoms with Gasteiger partial charge < -0.3 is 16.0 Å². The number of nitriles is 1. The van der Waals surface area contributed by atoms with Crippen molar-refractivity contribution in [3.05, 3.63) is 41.3 Å². The van der Waals surface area contributed by atoms with Gasteiger partial charge in [0.25, 0.3) is 0 Å². The van der Waals surface area contributed by atoms with Crippen molar-refractivity contribution in [1.29, 1.82) is 5.26 Å². The lowest BCUT2D eigenvalue weighted by molar-refractivity contribution is 0.376. The summed E-state index contributed by atoms with van der Waals surface area (Å²) in [7, 11) is 0. The van der Waals surface area contributed by atoms with Crippen LogP contribution in [0.4, 0.5) is 10.2 Å². The lowest BCUT2D eigenvalue weighted by Crippen LogP contribution is -2.51. The van der Waals surface area contributed by atoms with E-state index in [0.717, 1.165) is 37.8 Å². The van der Waals surface area contributed by atoms with Crippen LogP contribution in [-0.4, -0.2) is 57.3 Å². The molecule has 1 saturated heterocycles. The second-order valence-corrected chi connectivity index (χ2v) is 9.88. The van der Waals surface area contributed by atoms with Crippen LogP contribution in [0, 0.1) is 17.1 Å². The first-order chi connectivity index (χ1) is 14.8. The summed E-state index contributed by atoms with van der Waals surface area (Å²) in [6, 6.07) is 8.03. The maximum Gasteiger partial charge on any atom is 0.193 e. The predicted octanol–water partition coefficient (Wildman–Crippen LogP) is 3.81. The van der Waals surface area contributed by atoms with E-state index in [-0.39, 0.29) is 40.4 Å². The third kappa shape index (κ3) is 6.51. The normalized spacial score (nSPS) is 15.7. The van der Waals surface area contributed by atoms with Gasteiger partial charge in [0.2, 0.25) is 0 Å². The van der Waals surface area contributed by atoms with Gasteiger partial charge in [0.1, 0.15) is 23.3 Å². The topological polar surface area (TPSA) is 95.3 Å². The highest BCUT2D eigenvalue weighted by atomic mass is 127. The number of guanidine groups is 1. The van der Waals surface area contributed by atoms with E-state index in [9.17, 15) is 9.65 Å². The summed E-state index contributed by atoms with van der Waals surface area (Å²) in [5.41, 5.74) is 7.77. The lowest BCUT2D eigenvalue weighted by atomic mass is 10.1. The molecule has 0 atom stereocenters. The molecule has 3 N–H and O–H groups in total. The van der Waals surface area contributed by atoms with Crippen molar-refractivity contribution in [3.63, 3.8) is 0 Å². The summed E-state index contributed by atoms with van der Waals surface area (Å²) in [5, 5.41) is 17.5. The van der Waals surface area contributed by atoms with E-state index >= 15 is 0 Å².